The van der Waals surface area contributed by atoms with Crippen molar-refractivity contribution in [3.63, 3.8) is 0 Å². The number of anilines is 2. The molecule has 2 aromatic carbocycles. The van der Waals surface area contributed by atoms with Crippen molar-refractivity contribution >= 4 is 22.9 Å². The number of rotatable bonds is 6. The number of hydrogen-bond acceptors (Lipinski definition) is 4. The maximum atomic E-state index is 13.1. The predicted octanol–water partition coefficient (Wildman–Crippen LogP) is 0.0159. The summed E-state index contributed by atoms with van der Waals surface area (Å²) in [6.07, 6.45) is 0.977. The summed E-state index contributed by atoms with van der Waals surface area (Å²) in [5.74, 6) is -0.198. The van der Waals surface area contributed by atoms with Crippen molar-refractivity contribution in [2.24, 2.45) is 0 Å². The highest BCUT2D eigenvalue weighted by Crippen LogP contribution is 2.36. The molecule has 0 unspecified atom stereocenters. The van der Waals surface area contributed by atoms with E-state index in [2.05, 4.69) is 31.8 Å². The van der Waals surface area contributed by atoms with Crippen molar-refractivity contribution in [1.82, 2.24) is 0 Å². The van der Waals surface area contributed by atoms with Gasteiger partial charge in [0.2, 0.25) is 0 Å². The van der Waals surface area contributed by atoms with Crippen LogP contribution in [0.3, 0.4) is 0 Å². The number of nitrogens with zero attached hydrogens (tertiary/aromatic N) is 1. The fourth-order valence-electron chi connectivity index (χ4n) is 3.35. The van der Waals surface area contributed by atoms with E-state index in [-0.39, 0.29) is 24.0 Å². The van der Waals surface area contributed by atoms with E-state index in [4.69, 9.17) is 0 Å². The van der Waals surface area contributed by atoms with Crippen molar-refractivity contribution in [3.8, 4) is 0 Å². The molecule has 27 heavy (non-hydrogen) atoms. The first kappa shape index (κ1) is 20.9. The second-order valence-electron chi connectivity index (χ2n) is 7.66. The van der Waals surface area contributed by atoms with Crippen LogP contribution in [-0.4, -0.2) is 57.3 Å². The second kappa shape index (κ2) is 8.11. The minimum absolute atomic E-state index is 0. The minimum atomic E-state index is -0.102. The monoisotopic (exact) mass is 387 g/mol. The molecule has 0 spiro atoms. The highest BCUT2D eigenvalue weighted by molar-refractivity contribution is 6.31. The molecule has 0 atom stereocenters. The number of benzene rings is 2. The summed E-state index contributed by atoms with van der Waals surface area (Å²) in [5.41, 5.74) is 3.31. The number of ketones is 2. The van der Waals surface area contributed by atoms with E-state index in [1.807, 2.05) is 12.1 Å². The zero-order valence-electron chi connectivity index (χ0n) is 16.2. The van der Waals surface area contributed by atoms with Gasteiger partial charge in [-0.15, -0.1) is 0 Å². The van der Waals surface area contributed by atoms with Gasteiger partial charge in [-0.25, -0.2) is 0 Å². The summed E-state index contributed by atoms with van der Waals surface area (Å²) in [7, 11) is 8.23. The molecule has 144 valence electrons. The lowest BCUT2D eigenvalue weighted by molar-refractivity contribution is -0.870. The van der Waals surface area contributed by atoms with Crippen molar-refractivity contribution in [3.05, 3.63) is 58.7 Å². The molecule has 0 aromatic heterocycles. The van der Waals surface area contributed by atoms with Crippen LogP contribution >= 0.6 is 0 Å². The number of quaternary nitrogens is 1. The normalized spacial score (nSPS) is 12.7. The van der Waals surface area contributed by atoms with Crippen molar-refractivity contribution in [2.75, 3.05) is 51.9 Å². The van der Waals surface area contributed by atoms with Crippen molar-refractivity contribution < 1.29 is 26.5 Å². The third-order valence-electron chi connectivity index (χ3n) is 4.67. The number of carbonyl (C=O) groups is 2. The molecular formula is C21H26ClN3O2. The minimum Gasteiger partial charge on any atom is -1.00 e. The Labute approximate surface area is 166 Å². The zero-order valence-corrected chi connectivity index (χ0v) is 17.0. The van der Waals surface area contributed by atoms with E-state index in [0.29, 0.717) is 27.9 Å². The van der Waals surface area contributed by atoms with E-state index >= 15 is 0 Å². The maximum Gasteiger partial charge on any atom is 0.196 e. The largest absolute Gasteiger partial charge is 1.00 e. The fourth-order valence-corrected chi connectivity index (χ4v) is 3.35. The van der Waals surface area contributed by atoms with Crippen LogP contribution in [0.2, 0.25) is 0 Å². The van der Waals surface area contributed by atoms with E-state index in [1.165, 1.54) is 0 Å². The van der Waals surface area contributed by atoms with Gasteiger partial charge >= 0.3 is 0 Å². The van der Waals surface area contributed by atoms with Gasteiger partial charge in [0.1, 0.15) is 0 Å². The third kappa shape index (κ3) is 4.15. The first-order chi connectivity index (χ1) is 12.3. The molecule has 0 saturated heterocycles. The molecule has 5 nitrogen and oxygen atoms in total. The number of fused-ring (bicyclic) bond motifs is 2. The summed E-state index contributed by atoms with van der Waals surface area (Å²) < 4.78 is 0.892. The molecule has 3 rings (SSSR count). The van der Waals surface area contributed by atoms with Crippen LogP contribution in [0, 0.1) is 0 Å². The SMILES string of the molecule is CNc1ccc(NCCC[N+](C)(C)C)c2c1C(=O)c1ccccc1C2=O.[Cl-]. The van der Waals surface area contributed by atoms with E-state index in [0.717, 1.165) is 29.7 Å². The molecule has 0 amide bonds. The van der Waals surface area contributed by atoms with Gasteiger partial charge in [0.25, 0.3) is 0 Å². The Morgan fingerprint density at radius 1 is 0.852 bits per heavy atom. The molecule has 0 radical (unpaired) electrons. The van der Waals surface area contributed by atoms with Crippen LogP contribution in [0.15, 0.2) is 36.4 Å². The van der Waals surface area contributed by atoms with Crippen LogP contribution in [-0.2, 0) is 0 Å². The Kier molecular flexibility index (Phi) is 6.29. The quantitative estimate of drug-likeness (QED) is 0.462. The Hall–Kier alpha value is -2.37. The average molecular weight is 388 g/mol. The highest BCUT2D eigenvalue weighted by atomic mass is 35.5. The molecule has 2 N–H and O–H groups in total. The first-order valence-corrected chi connectivity index (χ1v) is 8.91. The van der Waals surface area contributed by atoms with Gasteiger partial charge < -0.3 is 27.5 Å². The zero-order chi connectivity index (χ0) is 18.9. The van der Waals surface area contributed by atoms with E-state index in [9.17, 15) is 9.59 Å². The predicted molar refractivity (Wildman–Crippen MR) is 105 cm³/mol. The van der Waals surface area contributed by atoms with Gasteiger partial charge in [-0.3, -0.25) is 9.59 Å². The van der Waals surface area contributed by atoms with Gasteiger partial charge in [-0.05, 0) is 12.1 Å². The molecule has 2 aromatic rings. The number of nitrogens with one attached hydrogen (secondary N) is 2. The standard InChI is InChI=1S/C21H25N3O2.ClH/c1-22-16-10-11-17(23-12-7-13-24(2,3)4)19-18(16)20(25)14-8-5-6-9-15(14)21(19)26;/h5-6,8-11H,7,12-13H2,1-4H3,(H-,22,23,25,26);1H. The third-order valence-corrected chi connectivity index (χ3v) is 4.67. The molecule has 6 heteroatoms. The molecule has 0 bridgehead atoms. The molecule has 0 heterocycles. The van der Waals surface area contributed by atoms with Gasteiger partial charge in [0.15, 0.2) is 11.6 Å². The van der Waals surface area contributed by atoms with Gasteiger partial charge in [-0.1, -0.05) is 24.3 Å². The Morgan fingerprint density at radius 2 is 1.37 bits per heavy atom. The maximum absolute atomic E-state index is 13.1. The second-order valence-corrected chi connectivity index (χ2v) is 7.66. The first-order valence-electron chi connectivity index (χ1n) is 8.91. The van der Waals surface area contributed by atoms with Gasteiger partial charge in [-0.2, -0.15) is 0 Å². The van der Waals surface area contributed by atoms with Crippen LogP contribution in [0.4, 0.5) is 11.4 Å². The lowest BCUT2D eigenvalue weighted by Gasteiger charge is -2.25. The number of hydrogen-bond donors (Lipinski definition) is 2. The van der Waals surface area contributed by atoms with E-state index in [1.54, 1.807) is 31.3 Å². The molecular weight excluding hydrogens is 362 g/mol. The van der Waals surface area contributed by atoms with Crippen LogP contribution in [0.1, 0.15) is 38.3 Å². The lowest BCUT2D eigenvalue weighted by atomic mass is 9.82. The molecule has 0 saturated carbocycles. The van der Waals surface area contributed by atoms with E-state index < -0.39 is 0 Å². The Morgan fingerprint density at radius 3 is 1.89 bits per heavy atom. The van der Waals surface area contributed by atoms with Crippen LogP contribution in [0.25, 0.3) is 0 Å². The topological polar surface area (TPSA) is 58.2 Å². The summed E-state index contributed by atoms with van der Waals surface area (Å²) in [6.45, 7) is 1.78. The number of halogens is 1. The highest BCUT2D eigenvalue weighted by Gasteiger charge is 2.33. The van der Waals surface area contributed by atoms with Gasteiger partial charge in [0, 0.05) is 42.5 Å². The fraction of sp³-hybridized carbons (Fsp3) is 0.333. The van der Waals surface area contributed by atoms with Crippen LogP contribution < -0.4 is 23.0 Å². The van der Waals surface area contributed by atoms with Crippen molar-refractivity contribution in [1.29, 1.82) is 0 Å². The summed E-state index contributed by atoms with van der Waals surface area (Å²) in [5, 5.41) is 6.42. The molecule has 1 aliphatic carbocycles. The van der Waals surface area contributed by atoms with Crippen molar-refractivity contribution in [2.45, 2.75) is 6.42 Å². The molecule has 0 aliphatic heterocycles. The smallest absolute Gasteiger partial charge is 0.196 e. The van der Waals surface area contributed by atoms with Crippen LogP contribution in [0.5, 0.6) is 0 Å². The average Bonchev–Trinajstić information content (AvgIpc) is 2.62. The lowest BCUT2D eigenvalue weighted by Crippen LogP contribution is -3.00. The van der Waals surface area contributed by atoms with Gasteiger partial charge in [0.05, 0.1) is 38.8 Å². The Bertz CT molecular complexity index is 872. The Balaban J connectivity index is 0.00000261. The molecule has 1 aliphatic rings. The summed E-state index contributed by atoms with van der Waals surface area (Å²) in [4.78, 5) is 26.1. The number of carbonyl (C=O) groups excluding carboxylic acids is 2. The summed E-state index contributed by atoms with van der Waals surface area (Å²) >= 11 is 0. The molecule has 0 fully saturated rings. The summed E-state index contributed by atoms with van der Waals surface area (Å²) in [6, 6.07) is 10.8.